The molecular formula is C16H8F3NO3. The molecule has 2 amide bonds. The quantitative estimate of drug-likeness (QED) is 0.599. The molecule has 116 valence electrons. The summed E-state index contributed by atoms with van der Waals surface area (Å²) in [5.41, 5.74) is -0.792. The Balaban J connectivity index is 1.98. The first-order valence-corrected chi connectivity index (χ1v) is 6.50. The molecule has 1 heterocycles. The van der Waals surface area contributed by atoms with Crippen LogP contribution in [0.4, 0.5) is 18.9 Å². The molecule has 2 aromatic rings. The zero-order chi connectivity index (χ0) is 16.8. The molecule has 23 heavy (non-hydrogen) atoms. The van der Waals surface area contributed by atoms with Gasteiger partial charge in [-0.1, -0.05) is 12.1 Å². The zero-order valence-electron chi connectivity index (χ0n) is 11.4. The summed E-state index contributed by atoms with van der Waals surface area (Å²) in [6.45, 7) is 0. The predicted molar refractivity (Wildman–Crippen MR) is 74.0 cm³/mol. The van der Waals surface area contributed by atoms with Crippen LogP contribution in [0.25, 0.3) is 0 Å². The number of halogens is 3. The highest BCUT2D eigenvalue weighted by molar-refractivity contribution is 6.57. The Morgan fingerprint density at radius 2 is 1.52 bits per heavy atom. The van der Waals surface area contributed by atoms with Gasteiger partial charge in [-0.2, -0.15) is 13.2 Å². The van der Waals surface area contributed by atoms with Crippen molar-refractivity contribution in [2.45, 2.75) is 6.18 Å². The molecule has 7 heteroatoms. The van der Waals surface area contributed by atoms with E-state index in [1.54, 1.807) is 12.1 Å². The first-order valence-electron chi connectivity index (χ1n) is 6.50. The number of hydrogen-bond donors (Lipinski definition) is 0. The van der Waals surface area contributed by atoms with Crippen LogP contribution in [0.15, 0.2) is 48.5 Å². The maximum absolute atomic E-state index is 12.5. The SMILES string of the molecule is O=C1C(=O)N(C(=O)c2ccc(C(F)(F)F)cc2)c2ccccc21. The second-order valence-corrected chi connectivity index (χ2v) is 4.87. The molecular weight excluding hydrogens is 311 g/mol. The van der Waals surface area contributed by atoms with Crippen LogP contribution in [-0.2, 0) is 11.0 Å². The Morgan fingerprint density at radius 1 is 0.913 bits per heavy atom. The van der Waals surface area contributed by atoms with Crippen molar-refractivity contribution in [3.05, 3.63) is 65.2 Å². The molecule has 3 rings (SSSR count). The zero-order valence-corrected chi connectivity index (χ0v) is 11.4. The van der Waals surface area contributed by atoms with E-state index in [9.17, 15) is 27.6 Å². The molecule has 0 fully saturated rings. The van der Waals surface area contributed by atoms with Gasteiger partial charge in [0, 0.05) is 5.56 Å². The molecule has 4 nitrogen and oxygen atoms in total. The van der Waals surface area contributed by atoms with Gasteiger partial charge in [-0.3, -0.25) is 14.4 Å². The number of alkyl halides is 3. The van der Waals surface area contributed by atoms with Gasteiger partial charge in [0.05, 0.1) is 16.8 Å². The largest absolute Gasteiger partial charge is 0.416 e. The summed E-state index contributed by atoms with van der Waals surface area (Å²) in [5, 5.41) is 0. The van der Waals surface area contributed by atoms with Crippen molar-refractivity contribution in [3.63, 3.8) is 0 Å². The van der Waals surface area contributed by atoms with Gasteiger partial charge in [-0.25, -0.2) is 4.90 Å². The molecule has 1 aliphatic heterocycles. The van der Waals surface area contributed by atoms with Crippen molar-refractivity contribution in [2.75, 3.05) is 4.90 Å². The van der Waals surface area contributed by atoms with Crippen molar-refractivity contribution in [2.24, 2.45) is 0 Å². The lowest BCUT2D eigenvalue weighted by molar-refractivity contribution is -0.137. The number of ketones is 1. The number of carbonyl (C=O) groups is 3. The molecule has 0 N–H and O–H groups in total. The number of hydrogen-bond acceptors (Lipinski definition) is 3. The maximum atomic E-state index is 12.5. The summed E-state index contributed by atoms with van der Waals surface area (Å²) in [4.78, 5) is 36.9. The van der Waals surface area contributed by atoms with Crippen LogP contribution >= 0.6 is 0 Å². The minimum absolute atomic E-state index is 0.0951. The van der Waals surface area contributed by atoms with E-state index < -0.39 is 29.3 Å². The smallest absolute Gasteiger partial charge is 0.283 e. The lowest BCUT2D eigenvalue weighted by Crippen LogP contribution is -2.35. The molecule has 0 atom stereocenters. The number of rotatable bonds is 1. The first kappa shape index (κ1) is 15.0. The van der Waals surface area contributed by atoms with Crippen LogP contribution < -0.4 is 4.90 Å². The lowest BCUT2D eigenvalue weighted by Gasteiger charge is -2.15. The standard InChI is InChI=1S/C16H8F3NO3/c17-16(18,19)10-7-5-9(6-8-10)14(22)20-12-4-2-1-3-11(12)13(21)15(20)23/h1-8H. The summed E-state index contributed by atoms with van der Waals surface area (Å²) < 4.78 is 37.6. The molecule has 0 aromatic heterocycles. The number of anilines is 1. The van der Waals surface area contributed by atoms with Crippen molar-refractivity contribution in [1.29, 1.82) is 0 Å². The van der Waals surface area contributed by atoms with Crippen LogP contribution in [-0.4, -0.2) is 17.6 Å². The highest BCUT2D eigenvalue weighted by Gasteiger charge is 2.40. The summed E-state index contributed by atoms with van der Waals surface area (Å²) in [6.07, 6.45) is -4.52. The monoisotopic (exact) mass is 319 g/mol. The van der Waals surface area contributed by atoms with E-state index >= 15 is 0 Å². The van der Waals surface area contributed by atoms with Crippen molar-refractivity contribution < 1.29 is 27.6 Å². The fourth-order valence-corrected chi connectivity index (χ4v) is 2.32. The molecule has 0 saturated carbocycles. The van der Waals surface area contributed by atoms with Gasteiger partial charge in [0.2, 0.25) is 0 Å². The Hall–Kier alpha value is -2.96. The van der Waals surface area contributed by atoms with Gasteiger partial charge in [-0.05, 0) is 36.4 Å². The minimum atomic E-state index is -4.52. The number of amides is 2. The van der Waals surface area contributed by atoms with Gasteiger partial charge < -0.3 is 0 Å². The van der Waals surface area contributed by atoms with Crippen molar-refractivity contribution in [1.82, 2.24) is 0 Å². The van der Waals surface area contributed by atoms with Gasteiger partial charge in [0.15, 0.2) is 0 Å². The number of imide groups is 1. The van der Waals surface area contributed by atoms with Crippen molar-refractivity contribution >= 4 is 23.3 Å². The number of Topliss-reactive ketones (excluding diaryl/α,β-unsaturated/α-hetero) is 1. The van der Waals surface area contributed by atoms with E-state index in [2.05, 4.69) is 0 Å². The Labute approximate surface area is 128 Å². The van der Waals surface area contributed by atoms with Crippen LogP contribution in [0.2, 0.25) is 0 Å². The van der Waals surface area contributed by atoms with E-state index in [0.717, 1.165) is 24.3 Å². The van der Waals surface area contributed by atoms with E-state index in [4.69, 9.17) is 0 Å². The highest BCUT2D eigenvalue weighted by Crippen LogP contribution is 2.32. The lowest BCUT2D eigenvalue weighted by atomic mass is 10.1. The molecule has 0 bridgehead atoms. The Kier molecular flexibility index (Phi) is 3.28. The second-order valence-electron chi connectivity index (χ2n) is 4.87. The van der Waals surface area contributed by atoms with Crippen LogP contribution in [0, 0.1) is 0 Å². The first-order chi connectivity index (χ1) is 10.8. The Morgan fingerprint density at radius 3 is 2.13 bits per heavy atom. The minimum Gasteiger partial charge on any atom is -0.283 e. The third-order valence-corrected chi connectivity index (χ3v) is 3.45. The van der Waals surface area contributed by atoms with Gasteiger partial charge in [0.1, 0.15) is 0 Å². The maximum Gasteiger partial charge on any atom is 0.416 e. The van der Waals surface area contributed by atoms with E-state index in [1.807, 2.05) is 0 Å². The van der Waals surface area contributed by atoms with E-state index in [1.165, 1.54) is 12.1 Å². The summed E-state index contributed by atoms with van der Waals surface area (Å²) in [5.74, 6) is -2.68. The third kappa shape index (κ3) is 2.40. The molecule has 2 aromatic carbocycles. The van der Waals surface area contributed by atoms with Crippen LogP contribution in [0.5, 0.6) is 0 Å². The number of nitrogens with zero attached hydrogens (tertiary/aromatic N) is 1. The average molecular weight is 319 g/mol. The van der Waals surface area contributed by atoms with Gasteiger partial charge in [-0.15, -0.1) is 0 Å². The summed E-state index contributed by atoms with van der Waals surface area (Å²) in [6, 6.07) is 9.40. The number of fused-ring (bicyclic) bond motifs is 1. The van der Waals surface area contributed by atoms with Gasteiger partial charge in [0.25, 0.3) is 11.7 Å². The topological polar surface area (TPSA) is 54.5 Å². The summed E-state index contributed by atoms with van der Waals surface area (Å²) in [7, 11) is 0. The van der Waals surface area contributed by atoms with Crippen LogP contribution in [0.3, 0.4) is 0 Å². The normalized spacial score (nSPS) is 14.1. The molecule has 0 unspecified atom stereocenters. The third-order valence-electron chi connectivity index (χ3n) is 3.45. The van der Waals surface area contributed by atoms with Gasteiger partial charge >= 0.3 is 12.1 Å². The molecule has 0 spiro atoms. The molecule has 0 radical (unpaired) electrons. The number of benzene rings is 2. The number of para-hydroxylation sites is 1. The van der Waals surface area contributed by atoms with Crippen molar-refractivity contribution in [3.8, 4) is 0 Å². The second kappa shape index (κ2) is 5.05. The fourth-order valence-electron chi connectivity index (χ4n) is 2.32. The van der Waals surface area contributed by atoms with E-state index in [-0.39, 0.29) is 16.8 Å². The predicted octanol–water partition coefficient (Wildman–Crippen LogP) is 3.08. The molecule has 1 aliphatic rings. The Bertz CT molecular complexity index is 825. The highest BCUT2D eigenvalue weighted by atomic mass is 19.4. The summed E-state index contributed by atoms with van der Waals surface area (Å²) >= 11 is 0. The molecule has 0 saturated heterocycles. The van der Waals surface area contributed by atoms with Crippen LogP contribution in [0.1, 0.15) is 26.3 Å². The average Bonchev–Trinajstić information content (AvgIpc) is 2.78. The molecule has 0 aliphatic carbocycles. The fraction of sp³-hybridized carbons (Fsp3) is 0.0625. The van der Waals surface area contributed by atoms with E-state index in [0.29, 0.717) is 4.90 Å². The number of carbonyl (C=O) groups excluding carboxylic acids is 3.